The monoisotopic (exact) mass is 449 g/mol. The highest BCUT2D eigenvalue weighted by Crippen LogP contribution is 2.36. The zero-order valence-corrected chi connectivity index (χ0v) is 18.2. The Labute approximate surface area is 189 Å². The summed E-state index contributed by atoms with van der Waals surface area (Å²) in [5.74, 6) is -0.251. The number of rotatable bonds is 6. The molecular formula is C24H20ClN3O4. The molecule has 8 heteroatoms. The summed E-state index contributed by atoms with van der Waals surface area (Å²) < 4.78 is 11.3. The molecule has 0 saturated carbocycles. The van der Waals surface area contributed by atoms with E-state index in [0.29, 0.717) is 33.3 Å². The Kier molecular flexibility index (Phi) is 6.09. The van der Waals surface area contributed by atoms with Crippen LogP contribution in [-0.2, 0) is 4.79 Å². The number of amides is 2. The number of halogens is 1. The van der Waals surface area contributed by atoms with Crippen LogP contribution >= 0.6 is 11.6 Å². The van der Waals surface area contributed by atoms with Gasteiger partial charge in [0.2, 0.25) is 5.91 Å². The fourth-order valence-corrected chi connectivity index (χ4v) is 3.56. The number of ether oxygens (including phenoxy) is 1. The molecule has 32 heavy (non-hydrogen) atoms. The highest BCUT2D eigenvalue weighted by molar-refractivity contribution is 6.33. The first-order chi connectivity index (χ1) is 15.5. The third-order valence-electron chi connectivity index (χ3n) is 4.86. The van der Waals surface area contributed by atoms with Crippen molar-refractivity contribution >= 4 is 56.8 Å². The molecular weight excluding hydrogens is 430 g/mol. The Morgan fingerprint density at radius 3 is 2.56 bits per heavy atom. The number of hydrazone groups is 1. The van der Waals surface area contributed by atoms with Gasteiger partial charge in [-0.25, -0.2) is 5.43 Å². The van der Waals surface area contributed by atoms with Crippen molar-refractivity contribution in [2.45, 2.75) is 13.3 Å². The Morgan fingerprint density at radius 2 is 1.78 bits per heavy atom. The first-order valence-electron chi connectivity index (χ1n) is 9.83. The van der Waals surface area contributed by atoms with E-state index in [-0.39, 0.29) is 12.3 Å². The van der Waals surface area contributed by atoms with Gasteiger partial charge in [-0.1, -0.05) is 41.9 Å². The average Bonchev–Trinajstić information content (AvgIpc) is 3.14. The summed E-state index contributed by atoms with van der Waals surface area (Å²) >= 11 is 6.01. The standard InChI is InChI=1S/C24H20ClN3O4/c1-14(27-28-24(30)16-8-3-5-9-18(16)25)11-23(29)26-19-13-21-17(12-22(19)31-2)15-7-4-6-10-20(15)32-21/h3-10,12-13H,11H2,1-2H3,(H,26,29)(H,28,30)/b27-14-. The molecule has 0 aliphatic rings. The number of fused-ring (bicyclic) bond motifs is 3. The summed E-state index contributed by atoms with van der Waals surface area (Å²) in [5, 5.41) is 9.00. The van der Waals surface area contributed by atoms with Crippen molar-refractivity contribution in [2.24, 2.45) is 5.10 Å². The van der Waals surface area contributed by atoms with Crippen LogP contribution in [0.25, 0.3) is 21.9 Å². The lowest BCUT2D eigenvalue weighted by molar-refractivity contribution is -0.115. The maximum Gasteiger partial charge on any atom is 0.272 e. The lowest BCUT2D eigenvalue weighted by Gasteiger charge is -2.10. The van der Waals surface area contributed by atoms with Gasteiger partial charge in [-0.3, -0.25) is 9.59 Å². The van der Waals surface area contributed by atoms with Gasteiger partial charge < -0.3 is 14.5 Å². The van der Waals surface area contributed by atoms with Crippen molar-refractivity contribution in [3.05, 3.63) is 71.2 Å². The number of furan rings is 1. The molecule has 0 aliphatic heterocycles. The zero-order chi connectivity index (χ0) is 22.7. The maximum atomic E-state index is 12.6. The minimum absolute atomic E-state index is 0.0237. The molecule has 4 rings (SSSR count). The number of methoxy groups -OCH3 is 1. The molecule has 1 aromatic heterocycles. The van der Waals surface area contributed by atoms with Crippen LogP contribution < -0.4 is 15.5 Å². The zero-order valence-electron chi connectivity index (χ0n) is 17.4. The van der Waals surface area contributed by atoms with E-state index in [9.17, 15) is 9.59 Å². The van der Waals surface area contributed by atoms with Crippen LogP contribution in [0.2, 0.25) is 5.02 Å². The van der Waals surface area contributed by atoms with E-state index < -0.39 is 5.91 Å². The highest BCUT2D eigenvalue weighted by Gasteiger charge is 2.15. The molecule has 0 saturated heterocycles. The van der Waals surface area contributed by atoms with Crippen LogP contribution in [0.3, 0.4) is 0 Å². The molecule has 4 aromatic rings. The quantitative estimate of drug-likeness (QED) is 0.305. The molecule has 1 heterocycles. The fraction of sp³-hybridized carbons (Fsp3) is 0.125. The van der Waals surface area contributed by atoms with Gasteiger partial charge in [-0.15, -0.1) is 0 Å². The van der Waals surface area contributed by atoms with Gasteiger partial charge in [0.25, 0.3) is 5.91 Å². The first-order valence-corrected chi connectivity index (χ1v) is 10.2. The molecule has 0 fully saturated rings. The number of nitrogens with zero attached hydrogens (tertiary/aromatic N) is 1. The molecule has 3 aromatic carbocycles. The molecule has 0 spiro atoms. The SMILES string of the molecule is COc1cc2c(cc1NC(=O)C/C(C)=N\NC(=O)c1ccccc1Cl)oc1ccccc12. The molecule has 0 unspecified atom stereocenters. The normalized spacial score (nSPS) is 11.5. The van der Waals surface area contributed by atoms with Gasteiger partial charge in [0.15, 0.2) is 0 Å². The summed E-state index contributed by atoms with van der Waals surface area (Å²) in [5.41, 5.74) is 5.02. The second-order valence-corrected chi connectivity index (χ2v) is 7.55. The molecule has 0 aliphatic carbocycles. The van der Waals surface area contributed by atoms with Crippen LogP contribution in [-0.4, -0.2) is 24.6 Å². The van der Waals surface area contributed by atoms with Crippen molar-refractivity contribution in [2.75, 3.05) is 12.4 Å². The number of carbonyl (C=O) groups is 2. The largest absolute Gasteiger partial charge is 0.495 e. The van der Waals surface area contributed by atoms with E-state index in [2.05, 4.69) is 15.8 Å². The Balaban J connectivity index is 1.47. The number of para-hydroxylation sites is 1. The van der Waals surface area contributed by atoms with Crippen molar-refractivity contribution in [1.82, 2.24) is 5.43 Å². The molecule has 162 valence electrons. The van der Waals surface area contributed by atoms with Crippen molar-refractivity contribution in [3.8, 4) is 5.75 Å². The highest BCUT2D eigenvalue weighted by atomic mass is 35.5. The van der Waals surface area contributed by atoms with Gasteiger partial charge in [0.05, 0.1) is 29.8 Å². The van der Waals surface area contributed by atoms with Crippen LogP contribution in [0.15, 0.2) is 70.2 Å². The summed E-state index contributed by atoms with van der Waals surface area (Å²) in [6.45, 7) is 1.64. The molecule has 7 nitrogen and oxygen atoms in total. The molecule has 2 N–H and O–H groups in total. The van der Waals surface area contributed by atoms with Crippen LogP contribution in [0, 0.1) is 0 Å². The van der Waals surface area contributed by atoms with Crippen molar-refractivity contribution in [1.29, 1.82) is 0 Å². The van der Waals surface area contributed by atoms with Gasteiger partial charge in [-0.2, -0.15) is 5.10 Å². The van der Waals surface area contributed by atoms with Gasteiger partial charge >= 0.3 is 0 Å². The second-order valence-electron chi connectivity index (χ2n) is 7.14. The number of carbonyl (C=O) groups excluding carboxylic acids is 2. The van der Waals surface area contributed by atoms with E-state index in [1.165, 1.54) is 7.11 Å². The maximum absolute atomic E-state index is 12.6. The van der Waals surface area contributed by atoms with Crippen LogP contribution in [0.4, 0.5) is 5.69 Å². The Morgan fingerprint density at radius 1 is 1.03 bits per heavy atom. The lowest BCUT2D eigenvalue weighted by Crippen LogP contribution is -2.21. The van der Waals surface area contributed by atoms with Crippen molar-refractivity contribution in [3.63, 3.8) is 0 Å². The smallest absolute Gasteiger partial charge is 0.272 e. The number of anilines is 1. The Hall–Kier alpha value is -3.84. The van der Waals surface area contributed by atoms with Gasteiger partial charge in [0.1, 0.15) is 16.9 Å². The lowest BCUT2D eigenvalue weighted by atomic mass is 10.1. The number of hydrogen-bond acceptors (Lipinski definition) is 5. The third-order valence-corrected chi connectivity index (χ3v) is 5.19. The van der Waals surface area contributed by atoms with Crippen molar-refractivity contribution < 1.29 is 18.7 Å². The van der Waals surface area contributed by atoms with E-state index in [0.717, 1.165) is 16.4 Å². The summed E-state index contributed by atoms with van der Waals surface area (Å²) in [6, 6.07) is 17.9. The average molecular weight is 450 g/mol. The van der Waals surface area contributed by atoms with Crippen LogP contribution in [0.5, 0.6) is 5.75 Å². The minimum atomic E-state index is -0.452. The summed E-state index contributed by atoms with van der Waals surface area (Å²) in [4.78, 5) is 24.8. The van der Waals surface area contributed by atoms with Crippen LogP contribution in [0.1, 0.15) is 23.7 Å². The topological polar surface area (TPSA) is 92.9 Å². The summed E-state index contributed by atoms with van der Waals surface area (Å²) in [7, 11) is 1.54. The molecule has 0 radical (unpaired) electrons. The predicted molar refractivity (Wildman–Crippen MR) is 126 cm³/mol. The molecule has 2 amide bonds. The second kappa shape index (κ2) is 9.11. The summed E-state index contributed by atoms with van der Waals surface area (Å²) in [6.07, 6.45) is -0.0237. The first kappa shape index (κ1) is 21.4. The molecule has 0 bridgehead atoms. The van der Waals surface area contributed by atoms with E-state index >= 15 is 0 Å². The predicted octanol–water partition coefficient (Wildman–Crippen LogP) is 5.38. The van der Waals surface area contributed by atoms with Gasteiger partial charge in [-0.05, 0) is 31.2 Å². The van der Waals surface area contributed by atoms with E-state index in [4.69, 9.17) is 20.8 Å². The van der Waals surface area contributed by atoms with E-state index in [1.54, 1.807) is 37.3 Å². The molecule has 0 atom stereocenters. The minimum Gasteiger partial charge on any atom is -0.495 e. The Bertz CT molecular complexity index is 1360. The van der Waals surface area contributed by atoms with Gasteiger partial charge in [0, 0.05) is 22.6 Å². The number of benzene rings is 3. The number of nitrogens with one attached hydrogen (secondary N) is 2. The fourth-order valence-electron chi connectivity index (χ4n) is 3.34. The van der Waals surface area contributed by atoms with E-state index in [1.807, 2.05) is 30.3 Å². The number of hydrogen-bond donors (Lipinski definition) is 2. The third kappa shape index (κ3) is 4.43.